The second kappa shape index (κ2) is 16.2. The van der Waals surface area contributed by atoms with E-state index in [1.54, 1.807) is 0 Å². The summed E-state index contributed by atoms with van der Waals surface area (Å²) in [7, 11) is 0. The van der Waals surface area contributed by atoms with Crippen LogP contribution in [0.4, 0.5) is 34.1 Å². The summed E-state index contributed by atoms with van der Waals surface area (Å²) in [4.78, 5) is 4.85. The van der Waals surface area contributed by atoms with Gasteiger partial charge in [-0.1, -0.05) is 152 Å². The van der Waals surface area contributed by atoms with Crippen molar-refractivity contribution in [3.63, 3.8) is 0 Å². The summed E-state index contributed by atoms with van der Waals surface area (Å²) in [5.41, 5.74) is 16.9. The molecule has 350 valence electrons. The lowest BCUT2D eigenvalue weighted by atomic mass is 10.0. The van der Waals surface area contributed by atoms with Crippen LogP contribution in [0, 0.1) is 0 Å². The zero-order chi connectivity index (χ0) is 49.1. The van der Waals surface area contributed by atoms with Gasteiger partial charge in [0, 0.05) is 83.5 Å². The average molecular weight is 956 g/mol. The maximum Gasteiger partial charge on any atom is 0.0568 e. The molecular weight excluding hydrogens is 911 g/mol. The fourth-order valence-electron chi connectivity index (χ4n) is 12.5. The summed E-state index contributed by atoms with van der Waals surface area (Å²) in [5.74, 6) is 0. The van der Waals surface area contributed by atoms with Crippen LogP contribution in [0.2, 0.25) is 0 Å². The van der Waals surface area contributed by atoms with Crippen molar-refractivity contribution in [1.82, 2.24) is 13.7 Å². The van der Waals surface area contributed by atoms with Crippen molar-refractivity contribution in [1.29, 1.82) is 0 Å². The number of benzene rings is 13. The first kappa shape index (κ1) is 41.5. The Balaban J connectivity index is 0.922. The highest BCUT2D eigenvalue weighted by molar-refractivity contribution is 6.26. The van der Waals surface area contributed by atoms with E-state index in [0.717, 1.165) is 62.2 Å². The molecular formula is C70H45N5. The number of aromatic nitrogens is 3. The summed E-state index contributed by atoms with van der Waals surface area (Å²) in [6, 6.07) is 100. The van der Waals surface area contributed by atoms with Crippen LogP contribution >= 0.6 is 0 Å². The van der Waals surface area contributed by atoms with E-state index in [9.17, 15) is 0 Å². The molecule has 0 unspecified atom stereocenters. The molecule has 0 fully saturated rings. The van der Waals surface area contributed by atoms with E-state index in [2.05, 4.69) is 296 Å². The molecule has 0 saturated heterocycles. The van der Waals surface area contributed by atoms with Crippen LogP contribution in [0.1, 0.15) is 0 Å². The minimum absolute atomic E-state index is 1.07. The van der Waals surface area contributed by atoms with Gasteiger partial charge in [0.1, 0.15) is 0 Å². The molecule has 0 bridgehead atoms. The molecule has 0 spiro atoms. The molecule has 16 aromatic rings. The fraction of sp³-hybridized carbons (Fsp3) is 0. The number of hydrogen-bond donors (Lipinski definition) is 0. The molecule has 0 amide bonds. The van der Waals surface area contributed by atoms with Gasteiger partial charge in [-0.15, -0.1) is 0 Å². The molecule has 3 heterocycles. The third-order valence-corrected chi connectivity index (χ3v) is 15.6. The van der Waals surface area contributed by atoms with Crippen molar-refractivity contribution in [2.45, 2.75) is 0 Å². The topological polar surface area (TPSA) is 21.3 Å². The van der Waals surface area contributed by atoms with Crippen molar-refractivity contribution < 1.29 is 0 Å². The Kier molecular flexibility index (Phi) is 8.97. The van der Waals surface area contributed by atoms with Crippen LogP contribution in [0.25, 0.3) is 104 Å². The number of para-hydroxylation sites is 5. The summed E-state index contributed by atoms with van der Waals surface area (Å²) in [6.07, 6.45) is 0. The van der Waals surface area contributed by atoms with Gasteiger partial charge in [0.05, 0.1) is 33.1 Å². The maximum absolute atomic E-state index is 2.46. The smallest absolute Gasteiger partial charge is 0.0568 e. The van der Waals surface area contributed by atoms with Crippen LogP contribution in [0.3, 0.4) is 0 Å². The maximum atomic E-state index is 2.46. The van der Waals surface area contributed by atoms with Gasteiger partial charge in [0.2, 0.25) is 0 Å². The molecule has 0 aliphatic rings. The van der Waals surface area contributed by atoms with Crippen molar-refractivity contribution in [2.75, 3.05) is 9.80 Å². The first-order valence-electron chi connectivity index (χ1n) is 25.8. The second-order valence-corrected chi connectivity index (χ2v) is 19.8. The van der Waals surface area contributed by atoms with Crippen molar-refractivity contribution in [3.05, 3.63) is 273 Å². The van der Waals surface area contributed by atoms with Gasteiger partial charge in [0.15, 0.2) is 0 Å². The molecule has 75 heavy (non-hydrogen) atoms. The average Bonchev–Trinajstić information content (AvgIpc) is 4.12. The minimum Gasteiger partial charge on any atom is -0.310 e. The third kappa shape index (κ3) is 6.25. The number of hydrogen-bond acceptors (Lipinski definition) is 2. The predicted octanol–water partition coefficient (Wildman–Crippen LogP) is 19.1. The Hall–Kier alpha value is -10.1. The van der Waals surface area contributed by atoms with E-state index in [1.807, 2.05) is 0 Å². The molecule has 5 heteroatoms. The summed E-state index contributed by atoms with van der Waals surface area (Å²) in [6.45, 7) is 0. The van der Waals surface area contributed by atoms with Gasteiger partial charge in [-0.25, -0.2) is 0 Å². The van der Waals surface area contributed by atoms with E-state index in [1.165, 1.54) is 75.9 Å². The number of rotatable bonds is 9. The standard InChI is InChI=1S/C70H45N5/c1-6-20-50(21-7-1)71(57-40-48-34-32-46-18-16-30-61-67(46)69(48)65(44-57)73(61)52-24-10-3-11-25-52)55-36-38-59-60-39-37-56(43-64(60)75(63(59)42-55)54-28-14-5-15-29-54)72(51-22-8-2-9-23-51)58-41-49-35-33-47-19-17-31-62-68(47)70(49)66(45-58)74(62)53-26-12-4-13-27-53/h1-45H. The number of anilines is 6. The minimum atomic E-state index is 1.07. The second-order valence-electron chi connectivity index (χ2n) is 19.8. The Bertz CT molecular complexity index is 4520. The Morgan fingerprint density at radius 2 is 0.533 bits per heavy atom. The summed E-state index contributed by atoms with van der Waals surface area (Å²) < 4.78 is 7.33. The molecule has 5 nitrogen and oxygen atoms in total. The molecule has 3 aromatic heterocycles. The number of nitrogens with zero attached hydrogens (tertiary/aromatic N) is 5. The van der Waals surface area contributed by atoms with Crippen molar-refractivity contribution >= 4 is 121 Å². The van der Waals surface area contributed by atoms with Gasteiger partial charge < -0.3 is 23.5 Å². The van der Waals surface area contributed by atoms with Gasteiger partial charge in [-0.05, 0) is 143 Å². The van der Waals surface area contributed by atoms with Crippen LogP contribution in [0.5, 0.6) is 0 Å². The van der Waals surface area contributed by atoms with Gasteiger partial charge >= 0.3 is 0 Å². The van der Waals surface area contributed by atoms with Crippen LogP contribution in [0.15, 0.2) is 273 Å². The Labute approximate surface area is 432 Å². The largest absolute Gasteiger partial charge is 0.310 e. The monoisotopic (exact) mass is 955 g/mol. The number of fused-ring (bicyclic) bond motifs is 3. The van der Waals surface area contributed by atoms with Crippen LogP contribution < -0.4 is 9.80 Å². The van der Waals surface area contributed by atoms with Gasteiger partial charge in [-0.3, -0.25) is 0 Å². The molecule has 13 aromatic carbocycles. The van der Waals surface area contributed by atoms with Gasteiger partial charge in [0.25, 0.3) is 0 Å². The lowest BCUT2D eigenvalue weighted by Crippen LogP contribution is -2.10. The highest BCUT2D eigenvalue weighted by atomic mass is 15.2. The van der Waals surface area contributed by atoms with E-state index in [0.29, 0.717) is 0 Å². The Morgan fingerprint density at radius 3 is 0.933 bits per heavy atom. The highest BCUT2D eigenvalue weighted by Crippen LogP contribution is 2.48. The molecule has 0 radical (unpaired) electrons. The predicted molar refractivity (Wildman–Crippen MR) is 316 cm³/mol. The third-order valence-electron chi connectivity index (χ3n) is 15.6. The normalized spacial score (nSPS) is 12.0. The molecule has 16 rings (SSSR count). The lowest BCUT2D eigenvalue weighted by molar-refractivity contribution is 1.17. The first-order valence-corrected chi connectivity index (χ1v) is 25.8. The zero-order valence-corrected chi connectivity index (χ0v) is 40.7. The van der Waals surface area contributed by atoms with E-state index in [-0.39, 0.29) is 0 Å². The van der Waals surface area contributed by atoms with Crippen molar-refractivity contribution in [3.8, 4) is 17.1 Å². The molecule has 0 N–H and O–H groups in total. The van der Waals surface area contributed by atoms with E-state index < -0.39 is 0 Å². The van der Waals surface area contributed by atoms with Crippen molar-refractivity contribution in [2.24, 2.45) is 0 Å². The lowest BCUT2D eigenvalue weighted by Gasteiger charge is -2.26. The molecule has 0 aliphatic heterocycles. The highest BCUT2D eigenvalue weighted by Gasteiger charge is 2.25. The van der Waals surface area contributed by atoms with Crippen LogP contribution in [-0.4, -0.2) is 13.7 Å². The van der Waals surface area contributed by atoms with Gasteiger partial charge in [-0.2, -0.15) is 0 Å². The fourth-order valence-corrected chi connectivity index (χ4v) is 12.5. The summed E-state index contributed by atoms with van der Waals surface area (Å²) >= 11 is 0. The molecule has 0 saturated carbocycles. The quantitative estimate of drug-likeness (QED) is 0.134. The van der Waals surface area contributed by atoms with E-state index >= 15 is 0 Å². The van der Waals surface area contributed by atoms with Crippen LogP contribution in [-0.2, 0) is 0 Å². The molecule has 0 atom stereocenters. The summed E-state index contributed by atoms with van der Waals surface area (Å²) in [5, 5.41) is 12.5. The SMILES string of the molecule is c1ccc(N(c2ccc3c4ccc(N(c5ccccc5)c5cc6ccc7cccc8c7c6c(c5)n8-c5ccccc5)cc4n(-c4ccccc4)c3c2)c2cc3ccc4cccc5c4c3c(c2)n5-c2ccccc2)cc1. The first-order chi connectivity index (χ1) is 37.2. The zero-order valence-electron chi connectivity index (χ0n) is 40.7. The Morgan fingerprint density at radius 1 is 0.200 bits per heavy atom. The molecule has 0 aliphatic carbocycles. The van der Waals surface area contributed by atoms with E-state index in [4.69, 9.17) is 0 Å².